The van der Waals surface area contributed by atoms with Crippen LogP contribution in [0.2, 0.25) is 0 Å². The molecule has 1 aromatic rings. The highest BCUT2D eigenvalue weighted by molar-refractivity contribution is 5.96. The van der Waals surface area contributed by atoms with Gasteiger partial charge in [0.15, 0.2) is 0 Å². The second-order valence-electron chi connectivity index (χ2n) is 6.20. The van der Waals surface area contributed by atoms with Crippen molar-refractivity contribution in [3.05, 3.63) is 29.8 Å². The molecule has 1 aliphatic carbocycles. The lowest BCUT2D eigenvalue weighted by atomic mass is 10.2. The van der Waals surface area contributed by atoms with Gasteiger partial charge in [-0.25, -0.2) is 0 Å². The first-order chi connectivity index (χ1) is 10.7. The minimum absolute atomic E-state index is 0.0423. The van der Waals surface area contributed by atoms with Crippen LogP contribution in [0.1, 0.15) is 36.0 Å². The van der Waals surface area contributed by atoms with Crippen LogP contribution in [0.5, 0.6) is 0 Å². The molecule has 0 aromatic heterocycles. The summed E-state index contributed by atoms with van der Waals surface area (Å²) in [5, 5.41) is 6.01. The second kappa shape index (κ2) is 6.92. The van der Waals surface area contributed by atoms with Crippen LogP contribution in [-0.2, 0) is 4.79 Å². The van der Waals surface area contributed by atoms with E-state index in [2.05, 4.69) is 10.6 Å². The smallest absolute Gasteiger partial charge is 0.253 e. The molecular weight excluding hydrogens is 278 g/mol. The van der Waals surface area contributed by atoms with E-state index in [0.717, 1.165) is 44.1 Å². The zero-order valence-electron chi connectivity index (χ0n) is 12.8. The Morgan fingerprint density at radius 1 is 1.09 bits per heavy atom. The van der Waals surface area contributed by atoms with Crippen LogP contribution in [-0.4, -0.2) is 42.9 Å². The van der Waals surface area contributed by atoms with E-state index in [1.54, 1.807) is 24.3 Å². The summed E-state index contributed by atoms with van der Waals surface area (Å²) in [7, 11) is 0. The average molecular weight is 301 g/mol. The van der Waals surface area contributed by atoms with Crippen LogP contribution >= 0.6 is 0 Å². The van der Waals surface area contributed by atoms with E-state index in [0.29, 0.717) is 12.1 Å². The van der Waals surface area contributed by atoms with Gasteiger partial charge in [0.05, 0.1) is 6.54 Å². The van der Waals surface area contributed by atoms with Gasteiger partial charge in [-0.2, -0.15) is 0 Å². The molecule has 2 N–H and O–H groups in total. The molecule has 1 saturated heterocycles. The van der Waals surface area contributed by atoms with Crippen molar-refractivity contribution in [1.29, 1.82) is 0 Å². The van der Waals surface area contributed by atoms with Gasteiger partial charge in [-0.1, -0.05) is 0 Å². The molecule has 0 unspecified atom stereocenters. The third kappa shape index (κ3) is 4.07. The Hall–Kier alpha value is -1.88. The lowest BCUT2D eigenvalue weighted by Crippen LogP contribution is -2.29. The first kappa shape index (κ1) is 15.0. The number of nitrogens with one attached hydrogen (secondary N) is 2. The number of hydrogen-bond donors (Lipinski definition) is 2. The van der Waals surface area contributed by atoms with Crippen LogP contribution in [0.4, 0.5) is 5.69 Å². The van der Waals surface area contributed by atoms with Crippen LogP contribution < -0.4 is 10.6 Å². The number of benzene rings is 1. The molecule has 5 nitrogen and oxygen atoms in total. The molecule has 2 amide bonds. The van der Waals surface area contributed by atoms with E-state index < -0.39 is 0 Å². The van der Waals surface area contributed by atoms with Gasteiger partial charge in [0.2, 0.25) is 5.91 Å². The fourth-order valence-electron chi connectivity index (χ4n) is 2.72. The molecule has 2 aliphatic rings. The van der Waals surface area contributed by atoms with Crippen molar-refractivity contribution < 1.29 is 9.59 Å². The Morgan fingerprint density at radius 3 is 2.41 bits per heavy atom. The van der Waals surface area contributed by atoms with Gasteiger partial charge in [-0.05, 0) is 62.4 Å². The van der Waals surface area contributed by atoms with Crippen molar-refractivity contribution in [1.82, 2.24) is 10.2 Å². The first-order valence-electron chi connectivity index (χ1n) is 8.12. The minimum Gasteiger partial charge on any atom is -0.339 e. The number of likely N-dealkylation sites (tertiary alicyclic amines) is 1. The molecule has 118 valence electrons. The molecule has 0 atom stereocenters. The van der Waals surface area contributed by atoms with Crippen molar-refractivity contribution in [3.63, 3.8) is 0 Å². The molecule has 5 heteroatoms. The molecule has 0 radical (unpaired) electrons. The SMILES string of the molecule is O=C(CNCC1CC1)Nc1ccc(C(=O)N2CCCC2)cc1. The normalized spacial score (nSPS) is 17.5. The molecule has 22 heavy (non-hydrogen) atoms. The Bertz CT molecular complexity index is 531. The Balaban J connectivity index is 1.47. The molecular formula is C17H23N3O2. The predicted octanol–water partition coefficient (Wildman–Crippen LogP) is 1.86. The van der Waals surface area contributed by atoms with Crippen LogP contribution in [0.25, 0.3) is 0 Å². The predicted molar refractivity (Wildman–Crippen MR) is 85.8 cm³/mol. The fourth-order valence-corrected chi connectivity index (χ4v) is 2.72. The number of hydrogen-bond acceptors (Lipinski definition) is 3. The number of anilines is 1. The zero-order valence-corrected chi connectivity index (χ0v) is 12.8. The maximum Gasteiger partial charge on any atom is 0.253 e. The fraction of sp³-hybridized carbons (Fsp3) is 0.529. The van der Waals surface area contributed by atoms with E-state index in [1.807, 2.05) is 4.90 Å². The quantitative estimate of drug-likeness (QED) is 0.843. The zero-order chi connectivity index (χ0) is 15.4. The van der Waals surface area contributed by atoms with Crippen molar-refractivity contribution in [2.75, 3.05) is 31.5 Å². The maximum atomic E-state index is 12.2. The van der Waals surface area contributed by atoms with Crippen LogP contribution in [0.3, 0.4) is 0 Å². The molecule has 1 aromatic carbocycles. The highest BCUT2D eigenvalue weighted by Gasteiger charge is 2.21. The Labute approximate surface area is 131 Å². The van der Waals surface area contributed by atoms with Crippen LogP contribution in [0.15, 0.2) is 24.3 Å². The largest absolute Gasteiger partial charge is 0.339 e. The van der Waals surface area contributed by atoms with E-state index >= 15 is 0 Å². The summed E-state index contributed by atoms with van der Waals surface area (Å²) in [6, 6.07) is 7.16. The van der Waals surface area contributed by atoms with Crippen molar-refractivity contribution in [2.24, 2.45) is 5.92 Å². The maximum absolute atomic E-state index is 12.2. The summed E-state index contributed by atoms with van der Waals surface area (Å²) >= 11 is 0. The summed E-state index contributed by atoms with van der Waals surface area (Å²) in [6.07, 6.45) is 4.74. The van der Waals surface area contributed by atoms with Crippen molar-refractivity contribution >= 4 is 17.5 Å². The monoisotopic (exact) mass is 301 g/mol. The first-order valence-corrected chi connectivity index (χ1v) is 8.12. The highest BCUT2D eigenvalue weighted by Crippen LogP contribution is 2.27. The highest BCUT2D eigenvalue weighted by atomic mass is 16.2. The number of amides is 2. The second-order valence-corrected chi connectivity index (χ2v) is 6.20. The number of carbonyl (C=O) groups excluding carboxylic acids is 2. The lowest BCUT2D eigenvalue weighted by Gasteiger charge is -2.15. The van der Waals surface area contributed by atoms with E-state index in [9.17, 15) is 9.59 Å². The summed E-state index contributed by atoms with van der Waals surface area (Å²) in [4.78, 5) is 25.9. The van der Waals surface area contributed by atoms with Gasteiger partial charge in [0, 0.05) is 24.3 Å². The van der Waals surface area contributed by atoms with E-state index in [1.165, 1.54) is 12.8 Å². The van der Waals surface area contributed by atoms with Crippen molar-refractivity contribution in [3.8, 4) is 0 Å². The lowest BCUT2D eigenvalue weighted by molar-refractivity contribution is -0.115. The molecule has 1 saturated carbocycles. The molecule has 3 rings (SSSR count). The summed E-state index contributed by atoms with van der Waals surface area (Å²) in [6.45, 7) is 2.97. The van der Waals surface area contributed by atoms with E-state index in [4.69, 9.17) is 0 Å². The van der Waals surface area contributed by atoms with Gasteiger partial charge >= 0.3 is 0 Å². The Kier molecular flexibility index (Phi) is 4.73. The summed E-state index contributed by atoms with van der Waals surface area (Å²) in [5.74, 6) is 0.810. The van der Waals surface area contributed by atoms with Gasteiger partial charge < -0.3 is 15.5 Å². The van der Waals surface area contributed by atoms with Gasteiger partial charge in [-0.3, -0.25) is 9.59 Å². The van der Waals surface area contributed by atoms with Gasteiger partial charge in [0.1, 0.15) is 0 Å². The molecule has 0 spiro atoms. The number of nitrogens with zero attached hydrogens (tertiary/aromatic N) is 1. The number of rotatable bonds is 6. The molecule has 1 heterocycles. The summed E-state index contributed by atoms with van der Waals surface area (Å²) in [5.41, 5.74) is 1.42. The van der Waals surface area contributed by atoms with Gasteiger partial charge in [-0.15, -0.1) is 0 Å². The molecule has 2 fully saturated rings. The van der Waals surface area contributed by atoms with Crippen molar-refractivity contribution in [2.45, 2.75) is 25.7 Å². The van der Waals surface area contributed by atoms with Crippen LogP contribution in [0, 0.1) is 5.92 Å². The number of carbonyl (C=O) groups is 2. The third-order valence-corrected chi connectivity index (χ3v) is 4.22. The average Bonchev–Trinajstić information content (AvgIpc) is 3.18. The van der Waals surface area contributed by atoms with Gasteiger partial charge in [0.25, 0.3) is 5.91 Å². The van der Waals surface area contributed by atoms with E-state index in [-0.39, 0.29) is 11.8 Å². The topological polar surface area (TPSA) is 61.4 Å². The minimum atomic E-state index is -0.0423. The Morgan fingerprint density at radius 2 is 1.77 bits per heavy atom. The standard InChI is InChI=1S/C17H23N3O2/c21-16(12-18-11-13-3-4-13)19-15-7-5-14(6-8-15)17(22)20-9-1-2-10-20/h5-8,13,18H,1-4,9-12H2,(H,19,21). The summed E-state index contributed by atoms with van der Waals surface area (Å²) < 4.78 is 0. The third-order valence-electron chi connectivity index (χ3n) is 4.22. The molecule has 1 aliphatic heterocycles. The molecule has 0 bridgehead atoms.